The molecule has 0 spiro atoms. The van der Waals surface area contributed by atoms with Gasteiger partial charge in [-0.25, -0.2) is 9.18 Å². The van der Waals surface area contributed by atoms with Crippen LogP contribution in [0.2, 0.25) is 0 Å². The normalized spacial score (nSPS) is 15.8. The molecule has 1 aliphatic rings. The SMILES string of the molecule is COc1cc2nccc(Oc3ccc(C4CNC(=O)N4)cc3F)c2cc1OC. The van der Waals surface area contributed by atoms with E-state index >= 15 is 0 Å². The lowest BCUT2D eigenvalue weighted by atomic mass is 10.1. The average molecular weight is 383 g/mol. The van der Waals surface area contributed by atoms with Gasteiger partial charge in [0.2, 0.25) is 0 Å². The van der Waals surface area contributed by atoms with Crippen molar-refractivity contribution in [1.82, 2.24) is 15.6 Å². The zero-order chi connectivity index (χ0) is 19.7. The minimum Gasteiger partial charge on any atom is -0.493 e. The van der Waals surface area contributed by atoms with Crippen LogP contribution in [-0.4, -0.2) is 31.8 Å². The Balaban J connectivity index is 1.67. The van der Waals surface area contributed by atoms with E-state index in [1.807, 2.05) is 0 Å². The molecule has 0 radical (unpaired) electrons. The van der Waals surface area contributed by atoms with Crippen LogP contribution in [0.5, 0.6) is 23.0 Å². The van der Waals surface area contributed by atoms with Gasteiger partial charge in [-0.15, -0.1) is 0 Å². The Kier molecular flexibility index (Phi) is 4.60. The molecular weight excluding hydrogens is 365 g/mol. The number of urea groups is 1. The van der Waals surface area contributed by atoms with Crippen LogP contribution in [0.1, 0.15) is 11.6 Å². The third-order valence-corrected chi connectivity index (χ3v) is 4.56. The number of fused-ring (bicyclic) bond motifs is 1. The number of methoxy groups -OCH3 is 2. The van der Waals surface area contributed by atoms with E-state index in [0.717, 1.165) is 0 Å². The highest BCUT2D eigenvalue weighted by molar-refractivity contribution is 5.88. The van der Waals surface area contributed by atoms with Crippen molar-refractivity contribution in [3.63, 3.8) is 0 Å². The zero-order valence-corrected chi connectivity index (χ0v) is 15.3. The van der Waals surface area contributed by atoms with Gasteiger partial charge < -0.3 is 24.8 Å². The van der Waals surface area contributed by atoms with Crippen molar-refractivity contribution >= 4 is 16.9 Å². The Morgan fingerprint density at radius 3 is 2.50 bits per heavy atom. The second-order valence-electron chi connectivity index (χ2n) is 6.23. The van der Waals surface area contributed by atoms with Gasteiger partial charge in [0.05, 0.1) is 25.8 Å². The molecule has 1 aliphatic heterocycles. The van der Waals surface area contributed by atoms with E-state index in [-0.39, 0.29) is 17.8 Å². The molecule has 0 saturated carbocycles. The highest BCUT2D eigenvalue weighted by Gasteiger charge is 2.22. The standard InChI is InChI=1S/C20H18FN3O4/c1-26-18-8-12-14(9-19(18)27-2)22-6-5-16(12)28-17-4-3-11(7-13(17)21)15-10-23-20(25)24-15/h3-9,15H,10H2,1-2H3,(H2,23,24,25). The van der Waals surface area contributed by atoms with Gasteiger partial charge in [0.25, 0.3) is 0 Å². The van der Waals surface area contributed by atoms with Crippen molar-refractivity contribution in [3.05, 3.63) is 54.0 Å². The summed E-state index contributed by atoms with van der Waals surface area (Å²) in [7, 11) is 3.08. The number of aromatic nitrogens is 1. The number of ether oxygens (including phenoxy) is 3. The summed E-state index contributed by atoms with van der Waals surface area (Å²) in [6.45, 7) is 0.412. The van der Waals surface area contributed by atoms with E-state index in [4.69, 9.17) is 14.2 Å². The Morgan fingerprint density at radius 1 is 1.04 bits per heavy atom. The number of carbonyl (C=O) groups is 1. The summed E-state index contributed by atoms with van der Waals surface area (Å²) in [6, 6.07) is 9.22. The van der Waals surface area contributed by atoms with Gasteiger partial charge in [0.15, 0.2) is 23.1 Å². The molecule has 1 unspecified atom stereocenters. The number of hydrogen-bond donors (Lipinski definition) is 2. The van der Waals surface area contributed by atoms with Gasteiger partial charge in [0, 0.05) is 24.2 Å². The van der Waals surface area contributed by atoms with E-state index in [0.29, 0.717) is 40.3 Å². The van der Waals surface area contributed by atoms with Gasteiger partial charge in [-0.05, 0) is 29.8 Å². The fourth-order valence-corrected chi connectivity index (χ4v) is 3.13. The minimum atomic E-state index is -0.524. The first-order valence-corrected chi connectivity index (χ1v) is 8.61. The molecule has 2 heterocycles. The van der Waals surface area contributed by atoms with Crippen LogP contribution in [0.25, 0.3) is 10.9 Å². The second-order valence-corrected chi connectivity index (χ2v) is 6.23. The fourth-order valence-electron chi connectivity index (χ4n) is 3.13. The molecule has 0 aliphatic carbocycles. The molecule has 2 amide bonds. The number of hydrogen-bond acceptors (Lipinski definition) is 5. The minimum absolute atomic E-state index is 0.0725. The third kappa shape index (κ3) is 3.24. The van der Waals surface area contributed by atoms with Crippen molar-refractivity contribution in [2.75, 3.05) is 20.8 Å². The summed E-state index contributed by atoms with van der Waals surface area (Å²) in [5, 5.41) is 6.03. The predicted octanol–water partition coefficient (Wildman–Crippen LogP) is 3.54. The average Bonchev–Trinajstić information content (AvgIpc) is 3.15. The molecule has 144 valence electrons. The lowest BCUT2D eigenvalue weighted by molar-refractivity contribution is 0.247. The quantitative estimate of drug-likeness (QED) is 0.704. The third-order valence-electron chi connectivity index (χ3n) is 4.56. The van der Waals surface area contributed by atoms with Crippen LogP contribution in [0.15, 0.2) is 42.6 Å². The number of rotatable bonds is 5. The first-order chi connectivity index (χ1) is 13.6. The van der Waals surface area contributed by atoms with Crippen molar-refractivity contribution in [3.8, 4) is 23.0 Å². The summed E-state index contributed by atoms with van der Waals surface area (Å²) in [5.74, 6) is 1.05. The van der Waals surface area contributed by atoms with E-state index in [1.165, 1.54) is 13.2 Å². The molecule has 2 aromatic carbocycles. The lowest BCUT2D eigenvalue weighted by Gasteiger charge is -2.14. The van der Waals surface area contributed by atoms with Crippen molar-refractivity contribution in [2.24, 2.45) is 0 Å². The second kappa shape index (κ2) is 7.22. The van der Waals surface area contributed by atoms with Gasteiger partial charge >= 0.3 is 6.03 Å². The van der Waals surface area contributed by atoms with Crippen LogP contribution in [0.3, 0.4) is 0 Å². The maximum atomic E-state index is 14.6. The Morgan fingerprint density at radius 2 is 1.82 bits per heavy atom. The number of amides is 2. The van der Waals surface area contributed by atoms with Crippen LogP contribution < -0.4 is 24.8 Å². The van der Waals surface area contributed by atoms with Gasteiger partial charge in [-0.3, -0.25) is 4.98 Å². The van der Waals surface area contributed by atoms with Crippen LogP contribution in [0.4, 0.5) is 9.18 Å². The van der Waals surface area contributed by atoms with Crippen molar-refractivity contribution in [1.29, 1.82) is 0 Å². The number of nitrogens with one attached hydrogen (secondary N) is 2. The Hall–Kier alpha value is -3.55. The van der Waals surface area contributed by atoms with E-state index in [1.54, 1.807) is 43.6 Å². The van der Waals surface area contributed by atoms with Gasteiger partial charge in [0.1, 0.15) is 5.75 Å². The number of carbonyl (C=O) groups excluding carboxylic acids is 1. The van der Waals surface area contributed by atoms with E-state index in [2.05, 4.69) is 15.6 Å². The van der Waals surface area contributed by atoms with Crippen molar-refractivity contribution in [2.45, 2.75) is 6.04 Å². The number of benzene rings is 2. The summed E-state index contributed by atoms with van der Waals surface area (Å²) >= 11 is 0. The first kappa shape index (κ1) is 17.8. The molecule has 3 aromatic rings. The molecular formula is C20H18FN3O4. The largest absolute Gasteiger partial charge is 0.493 e. The van der Waals surface area contributed by atoms with Gasteiger partial charge in [-0.2, -0.15) is 0 Å². The Bertz CT molecular complexity index is 1060. The molecule has 1 atom stereocenters. The van der Waals surface area contributed by atoms with Crippen molar-refractivity contribution < 1.29 is 23.4 Å². The molecule has 1 aromatic heterocycles. The number of pyridine rings is 1. The molecule has 1 fully saturated rings. The summed E-state index contributed by atoms with van der Waals surface area (Å²) in [5.41, 5.74) is 1.29. The highest BCUT2D eigenvalue weighted by Crippen LogP contribution is 2.37. The lowest BCUT2D eigenvalue weighted by Crippen LogP contribution is -2.21. The summed E-state index contributed by atoms with van der Waals surface area (Å²) in [6.07, 6.45) is 1.58. The smallest absolute Gasteiger partial charge is 0.315 e. The zero-order valence-electron chi connectivity index (χ0n) is 15.3. The van der Waals surface area contributed by atoms with Crippen LogP contribution >= 0.6 is 0 Å². The molecule has 8 heteroatoms. The monoisotopic (exact) mass is 383 g/mol. The van der Waals surface area contributed by atoms with Crippen LogP contribution in [-0.2, 0) is 0 Å². The molecule has 0 bridgehead atoms. The van der Waals surface area contributed by atoms with Gasteiger partial charge in [-0.1, -0.05) is 6.07 Å². The first-order valence-electron chi connectivity index (χ1n) is 8.61. The molecule has 7 nitrogen and oxygen atoms in total. The summed E-state index contributed by atoms with van der Waals surface area (Å²) < 4.78 is 31.1. The van der Waals surface area contributed by atoms with E-state index < -0.39 is 5.82 Å². The summed E-state index contributed by atoms with van der Waals surface area (Å²) in [4.78, 5) is 15.6. The maximum absolute atomic E-state index is 14.6. The van der Waals surface area contributed by atoms with Crippen LogP contribution in [0, 0.1) is 5.82 Å². The molecule has 4 rings (SSSR count). The fraction of sp³-hybridized carbons (Fsp3) is 0.200. The highest BCUT2D eigenvalue weighted by atomic mass is 19.1. The maximum Gasteiger partial charge on any atom is 0.315 e. The number of halogens is 1. The topological polar surface area (TPSA) is 81.7 Å². The number of nitrogens with zero attached hydrogens (tertiary/aromatic N) is 1. The molecule has 28 heavy (non-hydrogen) atoms. The molecule has 1 saturated heterocycles. The predicted molar refractivity (Wildman–Crippen MR) is 101 cm³/mol. The van der Waals surface area contributed by atoms with E-state index in [9.17, 15) is 9.18 Å². The Labute approximate surface area is 160 Å². The molecule has 2 N–H and O–H groups in total.